The summed E-state index contributed by atoms with van der Waals surface area (Å²) in [6, 6.07) is 17.7. The lowest BCUT2D eigenvalue weighted by atomic mass is 9.88. The molecule has 0 bridgehead atoms. The minimum absolute atomic E-state index is 0.0969. The summed E-state index contributed by atoms with van der Waals surface area (Å²) in [5.74, 6) is -0.296. The Bertz CT molecular complexity index is 1520. The van der Waals surface area contributed by atoms with Crippen LogP contribution in [0.4, 0.5) is 18.9 Å². The Kier molecular flexibility index (Phi) is 7.47. The summed E-state index contributed by atoms with van der Waals surface area (Å²) in [5.41, 5.74) is 4.35. The Morgan fingerprint density at radius 3 is 2.15 bits per heavy atom. The second kappa shape index (κ2) is 11.0. The van der Waals surface area contributed by atoms with Gasteiger partial charge in [-0.2, -0.15) is 18.3 Å². The van der Waals surface area contributed by atoms with Gasteiger partial charge in [0.1, 0.15) is 0 Å². The number of rotatable bonds is 5. The molecule has 1 N–H and O–H groups in total. The molecule has 0 atom stereocenters. The largest absolute Gasteiger partial charge is 0.416 e. The van der Waals surface area contributed by atoms with Gasteiger partial charge in [0.05, 0.1) is 11.8 Å². The molecular formula is C31H29F3N4O2. The molecule has 5 rings (SSSR count). The fourth-order valence-corrected chi connectivity index (χ4v) is 5.01. The average molecular weight is 547 g/mol. The first kappa shape index (κ1) is 27.2. The highest BCUT2D eigenvalue weighted by Crippen LogP contribution is 2.31. The summed E-state index contributed by atoms with van der Waals surface area (Å²) in [6.07, 6.45) is 1.05. The molecule has 1 aromatic heterocycles. The molecule has 6 nitrogen and oxygen atoms in total. The van der Waals surface area contributed by atoms with Crippen LogP contribution in [0, 0.1) is 6.92 Å². The Morgan fingerprint density at radius 2 is 1.55 bits per heavy atom. The molecule has 3 aromatic carbocycles. The number of nitrogens with zero attached hydrogens (tertiary/aromatic N) is 3. The van der Waals surface area contributed by atoms with E-state index in [-0.39, 0.29) is 11.5 Å². The molecule has 1 saturated heterocycles. The number of carbonyl (C=O) groups is 2. The first-order valence-electron chi connectivity index (χ1n) is 13.1. The number of halogens is 3. The van der Waals surface area contributed by atoms with E-state index < -0.39 is 17.6 Å². The molecule has 206 valence electrons. The van der Waals surface area contributed by atoms with Crippen LogP contribution in [0.15, 0.2) is 79.1 Å². The first-order chi connectivity index (χ1) is 19.1. The summed E-state index contributed by atoms with van der Waals surface area (Å²) in [5, 5.41) is 6.96. The van der Waals surface area contributed by atoms with Gasteiger partial charge < -0.3 is 10.2 Å². The minimum atomic E-state index is -4.47. The van der Waals surface area contributed by atoms with Crippen molar-refractivity contribution < 1.29 is 22.8 Å². The zero-order valence-electron chi connectivity index (χ0n) is 22.2. The molecule has 2 heterocycles. The Hall–Kier alpha value is -4.40. The van der Waals surface area contributed by atoms with Crippen molar-refractivity contribution in [2.45, 2.75) is 31.9 Å². The van der Waals surface area contributed by atoms with Gasteiger partial charge in [0.15, 0.2) is 0 Å². The number of carbonyl (C=O) groups excluding carboxylic acids is 2. The van der Waals surface area contributed by atoms with Gasteiger partial charge in [-0.05, 0) is 78.8 Å². The Morgan fingerprint density at radius 1 is 0.900 bits per heavy atom. The number of hydrogen-bond acceptors (Lipinski definition) is 3. The van der Waals surface area contributed by atoms with Crippen molar-refractivity contribution in [1.82, 2.24) is 14.7 Å². The van der Waals surface area contributed by atoms with E-state index in [1.165, 1.54) is 5.56 Å². The van der Waals surface area contributed by atoms with Crippen molar-refractivity contribution in [3.8, 4) is 11.1 Å². The van der Waals surface area contributed by atoms with Crippen molar-refractivity contribution in [2.24, 2.45) is 7.05 Å². The van der Waals surface area contributed by atoms with Crippen LogP contribution < -0.4 is 5.32 Å². The predicted molar refractivity (Wildman–Crippen MR) is 147 cm³/mol. The molecule has 4 aromatic rings. The zero-order chi connectivity index (χ0) is 28.4. The third-order valence-corrected chi connectivity index (χ3v) is 7.41. The van der Waals surface area contributed by atoms with Crippen molar-refractivity contribution in [3.63, 3.8) is 0 Å². The van der Waals surface area contributed by atoms with E-state index in [0.29, 0.717) is 30.3 Å². The number of hydrogen-bond donors (Lipinski definition) is 1. The normalized spacial score (nSPS) is 14.3. The Balaban J connectivity index is 1.21. The second-order valence-electron chi connectivity index (χ2n) is 10.2. The third-order valence-electron chi connectivity index (χ3n) is 7.41. The number of anilines is 1. The number of piperidine rings is 1. The molecule has 0 unspecified atom stereocenters. The van der Waals surface area contributed by atoms with E-state index in [1.54, 1.807) is 29.8 Å². The summed E-state index contributed by atoms with van der Waals surface area (Å²) in [7, 11) is 1.89. The molecule has 0 saturated carbocycles. The second-order valence-corrected chi connectivity index (χ2v) is 10.2. The van der Waals surface area contributed by atoms with Gasteiger partial charge in [-0.3, -0.25) is 14.3 Å². The summed E-state index contributed by atoms with van der Waals surface area (Å²) in [6.45, 7) is 3.03. The highest BCUT2D eigenvalue weighted by molar-refractivity contribution is 6.05. The van der Waals surface area contributed by atoms with Crippen molar-refractivity contribution >= 4 is 17.5 Å². The van der Waals surface area contributed by atoms with Crippen LogP contribution in [0.3, 0.4) is 0 Å². The van der Waals surface area contributed by atoms with Crippen LogP contribution in [-0.4, -0.2) is 39.6 Å². The van der Waals surface area contributed by atoms with Crippen LogP contribution in [0.2, 0.25) is 0 Å². The fourth-order valence-electron chi connectivity index (χ4n) is 5.01. The Labute approximate surface area is 230 Å². The van der Waals surface area contributed by atoms with Crippen molar-refractivity contribution in [3.05, 3.63) is 107 Å². The smallest absolute Gasteiger partial charge is 0.339 e. The molecule has 2 amide bonds. The van der Waals surface area contributed by atoms with Gasteiger partial charge >= 0.3 is 6.18 Å². The molecule has 1 aliphatic rings. The lowest BCUT2D eigenvalue weighted by molar-refractivity contribution is -0.137. The van der Waals surface area contributed by atoms with Crippen LogP contribution >= 0.6 is 0 Å². The molecular weight excluding hydrogens is 517 g/mol. The quantitative estimate of drug-likeness (QED) is 0.303. The lowest BCUT2D eigenvalue weighted by Gasteiger charge is -2.32. The highest BCUT2D eigenvalue weighted by atomic mass is 19.4. The molecule has 0 aliphatic carbocycles. The van der Waals surface area contributed by atoms with E-state index in [2.05, 4.69) is 34.7 Å². The van der Waals surface area contributed by atoms with E-state index >= 15 is 0 Å². The van der Waals surface area contributed by atoms with Gasteiger partial charge in [0.25, 0.3) is 11.8 Å². The number of aromatic nitrogens is 2. The number of alkyl halides is 3. The zero-order valence-corrected chi connectivity index (χ0v) is 22.2. The summed E-state index contributed by atoms with van der Waals surface area (Å²) >= 11 is 0. The van der Waals surface area contributed by atoms with Gasteiger partial charge in [-0.25, -0.2) is 0 Å². The number of nitrogens with one attached hydrogen (secondary N) is 1. The molecule has 1 aliphatic heterocycles. The monoisotopic (exact) mass is 546 g/mol. The van der Waals surface area contributed by atoms with Crippen molar-refractivity contribution in [1.29, 1.82) is 0 Å². The van der Waals surface area contributed by atoms with E-state index in [1.807, 2.05) is 24.3 Å². The number of benzene rings is 3. The maximum atomic E-state index is 13.3. The number of amides is 2. The van der Waals surface area contributed by atoms with Crippen LogP contribution in [0.25, 0.3) is 11.1 Å². The first-order valence-corrected chi connectivity index (χ1v) is 13.1. The maximum Gasteiger partial charge on any atom is 0.416 e. The van der Waals surface area contributed by atoms with Gasteiger partial charge in [0.2, 0.25) is 0 Å². The van der Waals surface area contributed by atoms with E-state index in [9.17, 15) is 22.8 Å². The standard InChI is InChI=1S/C31H29F3N4O2/c1-20-3-4-25(17-28(20)36-29(39)24-9-11-27(12-10-24)31(32,33)34)30(40)38-15-13-23(14-16-38)21-5-7-22(8-6-21)26-18-35-37(2)19-26/h3-12,17-19,23H,13-16H2,1-2H3,(H,36,39). The number of aryl methyl sites for hydroxylation is 2. The van der Waals surface area contributed by atoms with E-state index in [0.717, 1.165) is 53.8 Å². The highest BCUT2D eigenvalue weighted by Gasteiger charge is 2.30. The SMILES string of the molecule is Cc1ccc(C(=O)N2CCC(c3ccc(-c4cnn(C)c4)cc3)CC2)cc1NC(=O)c1ccc(C(F)(F)F)cc1. The third kappa shape index (κ3) is 5.93. The molecule has 0 radical (unpaired) electrons. The molecule has 9 heteroatoms. The van der Waals surface area contributed by atoms with Crippen LogP contribution in [0.5, 0.6) is 0 Å². The number of likely N-dealkylation sites (tertiary alicyclic amines) is 1. The molecule has 40 heavy (non-hydrogen) atoms. The predicted octanol–water partition coefficient (Wildman–Crippen LogP) is 6.69. The van der Waals surface area contributed by atoms with Gasteiger partial charge in [-0.15, -0.1) is 0 Å². The summed E-state index contributed by atoms with van der Waals surface area (Å²) in [4.78, 5) is 27.8. The van der Waals surface area contributed by atoms with Crippen LogP contribution in [0.1, 0.15) is 56.2 Å². The van der Waals surface area contributed by atoms with Crippen LogP contribution in [-0.2, 0) is 13.2 Å². The summed E-state index contributed by atoms with van der Waals surface area (Å²) < 4.78 is 40.3. The minimum Gasteiger partial charge on any atom is -0.339 e. The van der Waals surface area contributed by atoms with Gasteiger partial charge in [-0.1, -0.05) is 30.3 Å². The molecule has 1 fully saturated rings. The molecule has 0 spiro atoms. The van der Waals surface area contributed by atoms with Crippen molar-refractivity contribution in [2.75, 3.05) is 18.4 Å². The fraction of sp³-hybridized carbons (Fsp3) is 0.258. The maximum absolute atomic E-state index is 13.3. The van der Waals surface area contributed by atoms with Gasteiger partial charge in [0, 0.05) is 48.7 Å². The average Bonchev–Trinajstić information content (AvgIpc) is 3.40. The topological polar surface area (TPSA) is 67.2 Å². The van der Waals surface area contributed by atoms with E-state index in [4.69, 9.17) is 0 Å². The lowest BCUT2D eigenvalue weighted by Crippen LogP contribution is -2.38.